The number of carbonyl (C=O) groups excluding carboxylic acids is 1. The van der Waals surface area contributed by atoms with E-state index < -0.39 is 0 Å². The van der Waals surface area contributed by atoms with Gasteiger partial charge in [-0.15, -0.1) is 22.7 Å². The number of hydrogen-bond acceptors (Lipinski definition) is 5. The number of nitrogens with zero attached hydrogens (tertiary/aromatic N) is 2. The Morgan fingerprint density at radius 2 is 2.38 bits per heavy atom. The van der Waals surface area contributed by atoms with E-state index in [1.165, 1.54) is 11.3 Å². The summed E-state index contributed by atoms with van der Waals surface area (Å²) in [6.45, 7) is 3.27. The molecule has 0 bridgehead atoms. The molecule has 112 valence electrons. The molecule has 6 heteroatoms. The number of carbonyl (C=O) groups is 1. The Morgan fingerprint density at radius 3 is 3.10 bits per heavy atom. The molecule has 2 N–H and O–H groups in total. The first kappa shape index (κ1) is 14.7. The van der Waals surface area contributed by atoms with Gasteiger partial charge in [-0.3, -0.25) is 4.79 Å². The first-order chi connectivity index (χ1) is 10.2. The molecular weight excluding hydrogens is 302 g/mol. The standard InChI is InChI=1S/C15H19N3OS2/c1-10-13(21-14(17-10)12-6-4-8-20-12)15(19)18-7-3-2-5-11(18)9-16/h4,6,8,11H,2-3,5,7,9,16H2,1H3. The van der Waals surface area contributed by atoms with E-state index in [1.54, 1.807) is 11.3 Å². The number of piperidine rings is 1. The fourth-order valence-corrected chi connectivity index (χ4v) is 4.56. The number of amides is 1. The van der Waals surface area contributed by atoms with Gasteiger partial charge in [0.05, 0.1) is 10.6 Å². The van der Waals surface area contributed by atoms with Crippen LogP contribution in [-0.2, 0) is 0 Å². The third kappa shape index (κ3) is 2.88. The number of aromatic nitrogens is 1. The summed E-state index contributed by atoms with van der Waals surface area (Å²) in [4.78, 5) is 21.2. The predicted molar refractivity (Wildman–Crippen MR) is 87.9 cm³/mol. The lowest BCUT2D eigenvalue weighted by Crippen LogP contribution is -2.47. The van der Waals surface area contributed by atoms with Crippen molar-refractivity contribution in [3.05, 3.63) is 28.1 Å². The Kier molecular flexibility index (Phi) is 4.37. The summed E-state index contributed by atoms with van der Waals surface area (Å²) >= 11 is 3.15. The maximum Gasteiger partial charge on any atom is 0.266 e. The second kappa shape index (κ2) is 6.25. The van der Waals surface area contributed by atoms with Crippen molar-refractivity contribution in [3.63, 3.8) is 0 Å². The molecule has 1 unspecified atom stereocenters. The van der Waals surface area contributed by atoms with Gasteiger partial charge in [-0.2, -0.15) is 0 Å². The number of likely N-dealkylation sites (tertiary alicyclic amines) is 1. The van der Waals surface area contributed by atoms with Crippen molar-refractivity contribution in [2.75, 3.05) is 13.1 Å². The maximum atomic E-state index is 12.8. The summed E-state index contributed by atoms with van der Waals surface area (Å²) < 4.78 is 0. The van der Waals surface area contributed by atoms with Crippen molar-refractivity contribution in [2.45, 2.75) is 32.2 Å². The molecule has 1 saturated heterocycles. The molecule has 0 spiro atoms. The zero-order valence-corrected chi connectivity index (χ0v) is 13.7. The van der Waals surface area contributed by atoms with Crippen LogP contribution < -0.4 is 5.73 Å². The van der Waals surface area contributed by atoms with E-state index >= 15 is 0 Å². The van der Waals surface area contributed by atoms with Crippen LogP contribution in [0.4, 0.5) is 0 Å². The van der Waals surface area contributed by atoms with Crippen molar-refractivity contribution >= 4 is 28.6 Å². The van der Waals surface area contributed by atoms with Gasteiger partial charge in [-0.1, -0.05) is 6.07 Å². The molecule has 1 amide bonds. The van der Waals surface area contributed by atoms with Crippen LogP contribution in [0.5, 0.6) is 0 Å². The molecule has 0 aromatic carbocycles. The predicted octanol–water partition coefficient (Wildman–Crippen LogP) is 3.13. The van der Waals surface area contributed by atoms with Gasteiger partial charge >= 0.3 is 0 Å². The highest BCUT2D eigenvalue weighted by molar-refractivity contribution is 7.22. The Bertz CT molecular complexity index is 621. The van der Waals surface area contributed by atoms with Gasteiger partial charge in [0, 0.05) is 19.1 Å². The van der Waals surface area contributed by atoms with Crippen molar-refractivity contribution in [1.29, 1.82) is 0 Å². The van der Waals surface area contributed by atoms with Crippen LogP contribution in [0.3, 0.4) is 0 Å². The third-order valence-electron chi connectivity index (χ3n) is 3.88. The van der Waals surface area contributed by atoms with E-state index in [-0.39, 0.29) is 11.9 Å². The molecule has 21 heavy (non-hydrogen) atoms. The smallest absolute Gasteiger partial charge is 0.266 e. The number of thiophene rings is 1. The molecule has 0 aliphatic carbocycles. The molecule has 2 aromatic rings. The minimum atomic E-state index is 0.1000. The topological polar surface area (TPSA) is 59.2 Å². The lowest BCUT2D eigenvalue weighted by molar-refractivity contribution is 0.0627. The first-order valence-corrected chi connectivity index (χ1v) is 8.92. The van der Waals surface area contributed by atoms with Crippen LogP contribution in [0.15, 0.2) is 17.5 Å². The van der Waals surface area contributed by atoms with E-state index in [2.05, 4.69) is 4.98 Å². The molecule has 1 atom stereocenters. The second-order valence-corrected chi connectivity index (χ2v) is 7.24. The van der Waals surface area contributed by atoms with Crippen LogP contribution >= 0.6 is 22.7 Å². The van der Waals surface area contributed by atoms with Gasteiger partial charge in [0.1, 0.15) is 9.88 Å². The lowest BCUT2D eigenvalue weighted by Gasteiger charge is -2.34. The Morgan fingerprint density at radius 1 is 1.52 bits per heavy atom. The highest BCUT2D eigenvalue weighted by Crippen LogP contribution is 2.32. The monoisotopic (exact) mass is 321 g/mol. The van der Waals surface area contributed by atoms with Crippen molar-refractivity contribution < 1.29 is 4.79 Å². The van der Waals surface area contributed by atoms with Gasteiger partial charge in [0.15, 0.2) is 0 Å². The van der Waals surface area contributed by atoms with Gasteiger partial charge in [-0.25, -0.2) is 4.98 Å². The van der Waals surface area contributed by atoms with E-state index in [0.29, 0.717) is 6.54 Å². The van der Waals surface area contributed by atoms with Crippen molar-refractivity contribution in [1.82, 2.24) is 9.88 Å². The van der Waals surface area contributed by atoms with Crippen LogP contribution in [0.2, 0.25) is 0 Å². The summed E-state index contributed by atoms with van der Waals surface area (Å²) in [5.41, 5.74) is 6.65. The second-order valence-electron chi connectivity index (χ2n) is 5.29. The van der Waals surface area contributed by atoms with E-state index in [9.17, 15) is 4.79 Å². The molecule has 4 nitrogen and oxygen atoms in total. The number of nitrogens with two attached hydrogens (primary N) is 1. The summed E-state index contributed by atoms with van der Waals surface area (Å²) in [6.07, 6.45) is 3.24. The third-order valence-corrected chi connectivity index (χ3v) is 6.07. The highest BCUT2D eigenvalue weighted by atomic mass is 32.1. The SMILES string of the molecule is Cc1nc(-c2cccs2)sc1C(=O)N1CCCCC1CN. The van der Waals surface area contributed by atoms with Gasteiger partial charge in [0.25, 0.3) is 5.91 Å². The van der Waals surface area contributed by atoms with Crippen LogP contribution in [-0.4, -0.2) is 34.9 Å². The normalized spacial score (nSPS) is 19.0. The molecule has 3 rings (SSSR count). The molecular formula is C15H19N3OS2. The average Bonchev–Trinajstić information content (AvgIpc) is 3.15. The Hall–Kier alpha value is -1.24. The van der Waals surface area contributed by atoms with E-state index in [4.69, 9.17) is 5.73 Å². The van der Waals surface area contributed by atoms with Gasteiger partial charge in [0.2, 0.25) is 0 Å². The van der Waals surface area contributed by atoms with Crippen LogP contribution in [0.25, 0.3) is 9.88 Å². The summed E-state index contributed by atoms with van der Waals surface area (Å²) in [5, 5.41) is 2.97. The van der Waals surface area contributed by atoms with Crippen LogP contribution in [0.1, 0.15) is 34.6 Å². The van der Waals surface area contributed by atoms with Crippen LogP contribution in [0, 0.1) is 6.92 Å². The first-order valence-electron chi connectivity index (χ1n) is 7.23. The molecule has 0 radical (unpaired) electrons. The number of hydrogen-bond donors (Lipinski definition) is 1. The van der Waals surface area contributed by atoms with Crippen molar-refractivity contribution in [2.24, 2.45) is 5.73 Å². The highest BCUT2D eigenvalue weighted by Gasteiger charge is 2.29. The minimum absolute atomic E-state index is 0.1000. The quantitative estimate of drug-likeness (QED) is 0.945. The zero-order chi connectivity index (χ0) is 14.8. The number of aryl methyl sites for hydroxylation is 1. The maximum absolute atomic E-state index is 12.8. The zero-order valence-electron chi connectivity index (χ0n) is 12.0. The molecule has 1 fully saturated rings. The molecule has 2 aromatic heterocycles. The van der Waals surface area contributed by atoms with E-state index in [1.807, 2.05) is 29.3 Å². The van der Waals surface area contributed by atoms with E-state index in [0.717, 1.165) is 46.3 Å². The molecule has 3 heterocycles. The molecule has 1 aliphatic rings. The van der Waals surface area contributed by atoms with Crippen molar-refractivity contribution in [3.8, 4) is 9.88 Å². The molecule has 1 aliphatic heterocycles. The summed E-state index contributed by atoms with van der Waals surface area (Å²) in [5.74, 6) is 0.1000. The minimum Gasteiger partial charge on any atom is -0.334 e. The summed E-state index contributed by atoms with van der Waals surface area (Å²) in [7, 11) is 0. The fraction of sp³-hybridized carbons (Fsp3) is 0.467. The largest absolute Gasteiger partial charge is 0.334 e. The van der Waals surface area contributed by atoms with Gasteiger partial charge in [-0.05, 0) is 37.6 Å². The summed E-state index contributed by atoms with van der Waals surface area (Å²) in [6, 6.07) is 4.23. The van der Waals surface area contributed by atoms with Gasteiger partial charge < -0.3 is 10.6 Å². The number of rotatable bonds is 3. The lowest BCUT2D eigenvalue weighted by atomic mass is 10.0. The Balaban J connectivity index is 1.87. The average molecular weight is 321 g/mol. The Labute approximate surface area is 132 Å². The molecule has 0 saturated carbocycles. The number of thiazole rings is 1. The fourth-order valence-electron chi connectivity index (χ4n) is 2.74.